The van der Waals surface area contributed by atoms with Crippen molar-refractivity contribution in [2.24, 2.45) is 5.92 Å². The number of nitrogens with one attached hydrogen (secondary N) is 2. The zero-order chi connectivity index (χ0) is 16.4. The summed E-state index contributed by atoms with van der Waals surface area (Å²) in [7, 11) is 0. The fourth-order valence-electron chi connectivity index (χ4n) is 2.71. The molecule has 1 aromatic heterocycles. The normalized spacial score (nSPS) is 16.5. The molecular formula is C17H17FN2O2S. The molecule has 1 aliphatic carbocycles. The highest BCUT2D eigenvalue weighted by Crippen LogP contribution is 2.32. The molecule has 0 fully saturated rings. The topological polar surface area (TPSA) is 58.2 Å². The number of amides is 2. The highest BCUT2D eigenvalue weighted by Gasteiger charge is 2.21. The van der Waals surface area contributed by atoms with Gasteiger partial charge in [0.1, 0.15) is 5.82 Å². The summed E-state index contributed by atoms with van der Waals surface area (Å²) in [5.41, 5.74) is 5.72. The van der Waals surface area contributed by atoms with Crippen LogP contribution in [0.25, 0.3) is 0 Å². The lowest BCUT2D eigenvalue weighted by Crippen LogP contribution is -2.41. The minimum absolute atomic E-state index is 0.105. The average Bonchev–Trinajstić information content (AvgIpc) is 2.95. The molecule has 6 heteroatoms. The van der Waals surface area contributed by atoms with Gasteiger partial charge in [0, 0.05) is 4.88 Å². The van der Waals surface area contributed by atoms with E-state index in [1.54, 1.807) is 6.07 Å². The van der Waals surface area contributed by atoms with Crippen molar-refractivity contribution in [3.8, 4) is 0 Å². The molecule has 0 spiro atoms. The Hall–Kier alpha value is -2.21. The third-order valence-corrected chi connectivity index (χ3v) is 5.20. The van der Waals surface area contributed by atoms with Crippen molar-refractivity contribution in [2.75, 3.05) is 0 Å². The number of hydrazine groups is 1. The van der Waals surface area contributed by atoms with Crippen LogP contribution in [-0.4, -0.2) is 11.8 Å². The Bertz CT molecular complexity index is 757. The van der Waals surface area contributed by atoms with Crippen molar-refractivity contribution in [3.05, 3.63) is 57.0 Å². The molecule has 1 heterocycles. The Balaban J connectivity index is 1.64. The van der Waals surface area contributed by atoms with Crippen LogP contribution in [0.3, 0.4) is 0 Å². The van der Waals surface area contributed by atoms with Crippen molar-refractivity contribution in [1.29, 1.82) is 0 Å². The van der Waals surface area contributed by atoms with E-state index >= 15 is 0 Å². The molecule has 0 bridgehead atoms. The highest BCUT2D eigenvalue weighted by atomic mass is 32.1. The van der Waals surface area contributed by atoms with Crippen LogP contribution >= 0.6 is 11.3 Å². The zero-order valence-electron chi connectivity index (χ0n) is 12.7. The van der Waals surface area contributed by atoms with Gasteiger partial charge >= 0.3 is 0 Å². The van der Waals surface area contributed by atoms with Crippen molar-refractivity contribution < 1.29 is 14.0 Å². The Morgan fingerprint density at radius 1 is 1.22 bits per heavy atom. The predicted octanol–water partition coefficient (Wildman–Crippen LogP) is 3.09. The lowest BCUT2D eigenvalue weighted by Gasteiger charge is -2.16. The third-order valence-electron chi connectivity index (χ3n) is 3.96. The van der Waals surface area contributed by atoms with Crippen LogP contribution in [0.15, 0.2) is 30.3 Å². The Morgan fingerprint density at radius 3 is 2.74 bits per heavy atom. The number of thiophene rings is 1. The molecular weight excluding hydrogens is 315 g/mol. The number of carbonyl (C=O) groups is 2. The van der Waals surface area contributed by atoms with E-state index in [9.17, 15) is 14.0 Å². The standard InChI is InChI=1S/C17H17FN2O2S/c1-10-6-7-14-11(8-10)9-15(23-14)17(22)20-19-16(21)12-4-2-3-5-13(12)18/h2-5,9-10H,6-8H2,1H3,(H,19,21)(H,20,22)/t10-/m1/s1. The number of fused-ring (bicyclic) bond motifs is 1. The summed E-state index contributed by atoms with van der Waals surface area (Å²) in [4.78, 5) is 25.8. The maximum Gasteiger partial charge on any atom is 0.279 e. The van der Waals surface area contributed by atoms with Crippen molar-refractivity contribution >= 4 is 23.2 Å². The lowest BCUT2D eigenvalue weighted by atomic mass is 9.90. The monoisotopic (exact) mass is 332 g/mol. The maximum atomic E-state index is 13.5. The first-order valence-corrected chi connectivity index (χ1v) is 8.33. The van der Waals surface area contributed by atoms with Gasteiger partial charge < -0.3 is 0 Å². The summed E-state index contributed by atoms with van der Waals surface area (Å²) >= 11 is 1.46. The molecule has 0 aliphatic heterocycles. The largest absolute Gasteiger partial charge is 0.279 e. The summed E-state index contributed by atoms with van der Waals surface area (Å²) in [6.07, 6.45) is 3.12. The highest BCUT2D eigenvalue weighted by molar-refractivity contribution is 7.14. The molecule has 0 saturated carbocycles. The number of rotatable bonds is 2. The molecule has 2 aromatic rings. The Labute approximate surface area is 137 Å². The second-order valence-corrected chi connectivity index (χ2v) is 6.93. The number of benzene rings is 1. The van der Waals surface area contributed by atoms with Gasteiger partial charge in [-0.25, -0.2) is 4.39 Å². The minimum atomic E-state index is -0.675. The summed E-state index contributed by atoms with van der Waals surface area (Å²) < 4.78 is 13.5. The second kappa shape index (κ2) is 6.50. The summed E-state index contributed by atoms with van der Waals surface area (Å²) in [5, 5.41) is 0. The lowest BCUT2D eigenvalue weighted by molar-refractivity contribution is 0.0846. The van der Waals surface area contributed by atoms with Crippen LogP contribution < -0.4 is 10.9 Å². The molecule has 0 unspecified atom stereocenters. The molecule has 3 rings (SSSR count). The molecule has 0 radical (unpaired) electrons. The van der Waals surface area contributed by atoms with E-state index < -0.39 is 11.7 Å². The van der Waals surface area contributed by atoms with E-state index in [0.29, 0.717) is 10.8 Å². The van der Waals surface area contributed by atoms with Gasteiger partial charge in [-0.2, -0.15) is 0 Å². The van der Waals surface area contributed by atoms with E-state index in [-0.39, 0.29) is 11.5 Å². The number of aryl methyl sites for hydroxylation is 1. The number of halogens is 1. The Kier molecular flexibility index (Phi) is 4.43. The molecule has 1 aliphatic rings. The van der Waals surface area contributed by atoms with Crippen LogP contribution in [0, 0.1) is 11.7 Å². The summed E-state index contributed by atoms with van der Waals surface area (Å²) in [6.45, 7) is 2.20. The first-order valence-electron chi connectivity index (χ1n) is 7.51. The van der Waals surface area contributed by atoms with E-state index in [1.165, 1.54) is 40.0 Å². The molecule has 4 nitrogen and oxygen atoms in total. The molecule has 2 N–H and O–H groups in total. The maximum absolute atomic E-state index is 13.5. The van der Waals surface area contributed by atoms with Gasteiger partial charge in [0.05, 0.1) is 10.4 Å². The van der Waals surface area contributed by atoms with Crippen molar-refractivity contribution in [3.63, 3.8) is 0 Å². The van der Waals surface area contributed by atoms with Gasteiger partial charge in [0.25, 0.3) is 11.8 Å². The first kappa shape index (κ1) is 15.7. The molecule has 2 amide bonds. The SMILES string of the molecule is C[C@@H]1CCc2sc(C(=O)NNC(=O)c3ccccc3F)cc2C1. The molecule has 1 aromatic carbocycles. The van der Waals surface area contributed by atoms with Crippen LogP contribution in [0.4, 0.5) is 4.39 Å². The number of hydrogen-bond acceptors (Lipinski definition) is 3. The summed E-state index contributed by atoms with van der Waals surface area (Å²) in [5.74, 6) is -1.04. The van der Waals surface area contributed by atoms with Crippen LogP contribution in [0.2, 0.25) is 0 Å². The molecule has 23 heavy (non-hydrogen) atoms. The minimum Gasteiger partial charge on any atom is -0.267 e. The smallest absolute Gasteiger partial charge is 0.267 e. The quantitative estimate of drug-likeness (QED) is 0.830. The van der Waals surface area contributed by atoms with Gasteiger partial charge in [-0.1, -0.05) is 19.1 Å². The van der Waals surface area contributed by atoms with E-state index in [4.69, 9.17) is 0 Å². The third kappa shape index (κ3) is 3.42. The summed E-state index contributed by atoms with van der Waals surface area (Å²) in [6, 6.07) is 7.52. The van der Waals surface area contributed by atoms with Crippen LogP contribution in [0.1, 0.15) is 43.8 Å². The average molecular weight is 332 g/mol. The predicted molar refractivity (Wildman–Crippen MR) is 86.8 cm³/mol. The van der Waals surface area contributed by atoms with E-state index in [0.717, 1.165) is 19.3 Å². The van der Waals surface area contributed by atoms with Crippen molar-refractivity contribution in [2.45, 2.75) is 26.2 Å². The fraction of sp³-hybridized carbons (Fsp3) is 0.294. The van der Waals surface area contributed by atoms with Crippen molar-refractivity contribution in [1.82, 2.24) is 10.9 Å². The fourth-order valence-corrected chi connectivity index (χ4v) is 3.81. The van der Waals surface area contributed by atoms with Crippen LogP contribution in [0.5, 0.6) is 0 Å². The number of carbonyl (C=O) groups excluding carboxylic acids is 2. The van der Waals surface area contributed by atoms with Gasteiger partial charge in [-0.05, 0) is 48.9 Å². The van der Waals surface area contributed by atoms with Crippen LogP contribution in [-0.2, 0) is 12.8 Å². The number of hydrogen-bond donors (Lipinski definition) is 2. The zero-order valence-corrected chi connectivity index (χ0v) is 13.5. The second-order valence-electron chi connectivity index (χ2n) is 5.80. The van der Waals surface area contributed by atoms with E-state index in [1.807, 2.05) is 6.07 Å². The van der Waals surface area contributed by atoms with Gasteiger partial charge in [-0.15, -0.1) is 11.3 Å². The van der Waals surface area contributed by atoms with Gasteiger partial charge in [-0.3, -0.25) is 20.4 Å². The first-order chi connectivity index (χ1) is 11.0. The van der Waals surface area contributed by atoms with E-state index in [2.05, 4.69) is 17.8 Å². The molecule has 1 atom stereocenters. The Morgan fingerprint density at radius 2 is 1.96 bits per heavy atom. The molecule has 0 saturated heterocycles. The van der Waals surface area contributed by atoms with Gasteiger partial charge in [0.2, 0.25) is 0 Å². The van der Waals surface area contributed by atoms with Gasteiger partial charge in [0.15, 0.2) is 0 Å². The molecule has 120 valence electrons.